The lowest BCUT2D eigenvalue weighted by Gasteiger charge is -2.30. The fraction of sp³-hybridized carbons (Fsp3) is 0.391. The molecular weight excluding hydrogens is 435 g/mol. The second-order valence-electron chi connectivity index (χ2n) is 7.24. The summed E-state index contributed by atoms with van der Waals surface area (Å²) in [4.78, 5) is 25.1. The predicted octanol–water partition coefficient (Wildman–Crippen LogP) is 3.03. The molecule has 32 heavy (non-hydrogen) atoms. The molecule has 2 atom stereocenters. The van der Waals surface area contributed by atoms with E-state index in [1.165, 1.54) is 14.2 Å². The number of hydrogen-bond acceptors (Lipinski definition) is 8. The number of benzene rings is 2. The predicted molar refractivity (Wildman–Crippen MR) is 118 cm³/mol. The van der Waals surface area contributed by atoms with Crippen LogP contribution in [0.3, 0.4) is 0 Å². The van der Waals surface area contributed by atoms with Crippen LogP contribution >= 0.6 is 7.37 Å². The Morgan fingerprint density at radius 2 is 1.50 bits per heavy atom. The highest BCUT2D eigenvalue weighted by atomic mass is 31.2. The number of fused-ring (bicyclic) bond motifs is 3. The van der Waals surface area contributed by atoms with Crippen molar-refractivity contribution in [2.75, 3.05) is 46.8 Å². The first-order valence-corrected chi connectivity index (χ1v) is 12.1. The molecule has 1 aliphatic heterocycles. The summed E-state index contributed by atoms with van der Waals surface area (Å²) in [5.41, 5.74) is 1.61. The molecule has 2 unspecified atom stereocenters. The van der Waals surface area contributed by atoms with E-state index in [1.54, 1.807) is 24.3 Å². The molecule has 0 aliphatic carbocycles. The lowest BCUT2D eigenvalue weighted by molar-refractivity contribution is -0.155. The molecule has 0 spiro atoms. The minimum Gasteiger partial charge on any atom is -0.463 e. The van der Waals surface area contributed by atoms with Gasteiger partial charge in [-0.3, -0.25) is 14.2 Å². The first kappa shape index (κ1) is 24.0. The van der Waals surface area contributed by atoms with E-state index in [4.69, 9.17) is 23.5 Å². The van der Waals surface area contributed by atoms with Crippen LogP contribution in [0.15, 0.2) is 48.5 Å². The number of carbonyl (C=O) groups excluding carboxylic acids is 2. The van der Waals surface area contributed by atoms with E-state index in [0.29, 0.717) is 11.1 Å². The monoisotopic (exact) mass is 462 g/mol. The van der Waals surface area contributed by atoms with Crippen LogP contribution in [-0.2, 0) is 33.1 Å². The van der Waals surface area contributed by atoms with E-state index in [-0.39, 0.29) is 39.0 Å². The molecule has 0 fully saturated rings. The highest BCUT2D eigenvalue weighted by Gasteiger charge is 2.41. The lowest BCUT2D eigenvalue weighted by Crippen LogP contribution is -2.30. The Kier molecular flexibility index (Phi) is 8.45. The fourth-order valence-corrected chi connectivity index (χ4v) is 6.05. The summed E-state index contributed by atoms with van der Waals surface area (Å²) >= 11 is 0. The second kappa shape index (κ2) is 11.3. The Bertz CT molecular complexity index is 989. The topological polar surface area (TPSA) is 97.4 Å². The van der Waals surface area contributed by atoms with Gasteiger partial charge in [-0.25, -0.2) is 0 Å². The summed E-state index contributed by atoms with van der Waals surface area (Å²) in [6.07, 6.45) is -0.476. The summed E-state index contributed by atoms with van der Waals surface area (Å²) < 4.78 is 40.2. The van der Waals surface area contributed by atoms with Gasteiger partial charge in [0.1, 0.15) is 19.0 Å². The highest BCUT2D eigenvalue weighted by Crippen LogP contribution is 2.55. The normalized spacial score (nSPS) is 17.4. The van der Waals surface area contributed by atoms with Gasteiger partial charge < -0.3 is 23.5 Å². The number of para-hydroxylation sites is 1. The van der Waals surface area contributed by atoms with Gasteiger partial charge in [0, 0.05) is 19.8 Å². The van der Waals surface area contributed by atoms with E-state index in [9.17, 15) is 14.2 Å². The molecule has 0 aromatic heterocycles. The maximum Gasteiger partial charge on any atom is 0.310 e. The van der Waals surface area contributed by atoms with Crippen LogP contribution in [0.2, 0.25) is 0 Å². The van der Waals surface area contributed by atoms with Crippen molar-refractivity contribution in [3.8, 4) is 16.9 Å². The Morgan fingerprint density at radius 3 is 2.22 bits per heavy atom. The maximum absolute atomic E-state index is 14.1. The molecular formula is C23H27O8P. The van der Waals surface area contributed by atoms with E-state index >= 15 is 0 Å². The number of hydrogen-bond donors (Lipinski definition) is 0. The molecule has 172 valence electrons. The third-order valence-corrected chi connectivity index (χ3v) is 7.52. The molecule has 1 heterocycles. The van der Waals surface area contributed by atoms with Crippen molar-refractivity contribution < 1.29 is 37.6 Å². The summed E-state index contributed by atoms with van der Waals surface area (Å²) in [7, 11) is -0.559. The first-order valence-electron chi connectivity index (χ1n) is 10.3. The average Bonchev–Trinajstić information content (AvgIpc) is 2.79. The maximum atomic E-state index is 14.1. The molecule has 2 aromatic rings. The van der Waals surface area contributed by atoms with Crippen LogP contribution in [0.25, 0.3) is 11.1 Å². The van der Waals surface area contributed by atoms with Crippen LogP contribution in [0, 0.1) is 5.92 Å². The van der Waals surface area contributed by atoms with Crippen LogP contribution in [0.1, 0.15) is 6.42 Å². The molecule has 3 rings (SSSR count). The van der Waals surface area contributed by atoms with Gasteiger partial charge in [0.05, 0.1) is 37.0 Å². The van der Waals surface area contributed by atoms with E-state index in [2.05, 4.69) is 0 Å². The van der Waals surface area contributed by atoms with Crippen molar-refractivity contribution in [3.05, 3.63) is 48.5 Å². The molecule has 0 bridgehead atoms. The highest BCUT2D eigenvalue weighted by molar-refractivity contribution is 7.67. The molecule has 9 heteroatoms. The quantitative estimate of drug-likeness (QED) is 0.286. The fourth-order valence-electron chi connectivity index (χ4n) is 3.47. The van der Waals surface area contributed by atoms with Gasteiger partial charge in [0.2, 0.25) is 0 Å². The number of rotatable bonds is 11. The Hall–Kier alpha value is -2.67. The third kappa shape index (κ3) is 5.76. The van der Waals surface area contributed by atoms with E-state index in [1.807, 2.05) is 24.3 Å². The van der Waals surface area contributed by atoms with Crippen molar-refractivity contribution in [2.45, 2.75) is 6.42 Å². The van der Waals surface area contributed by atoms with E-state index in [0.717, 1.165) is 11.1 Å². The number of esters is 2. The summed E-state index contributed by atoms with van der Waals surface area (Å²) in [5, 5.41) is 0.515. The zero-order valence-corrected chi connectivity index (χ0v) is 19.0. The third-order valence-electron chi connectivity index (χ3n) is 4.98. The van der Waals surface area contributed by atoms with Crippen molar-refractivity contribution in [1.82, 2.24) is 0 Å². The zero-order chi connectivity index (χ0) is 23.0. The van der Waals surface area contributed by atoms with Gasteiger partial charge >= 0.3 is 11.9 Å². The summed E-state index contributed by atoms with van der Waals surface area (Å²) in [6.45, 7) is 0.530. The Balaban J connectivity index is 1.86. The minimum atomic E-state index is -3.54. The molecule has 0 radical (unpaired) electrons. The molecule has 1 aliphatic rings. The van der Waals surface area contributed by atoms with Gasteiger partial charge in [-0.1, -0.05) is 36.4 Å². The minimum absolute atomic E-state index is 0.0230. The average molecular weight is 462 g/mol. The van der Waals surface area contributed by atoms with Gasteiger partial charge in [0.15, 0.2) is 0 Å². The summed E-state index contributed by atoms with van der Waals surface area (Å²) in [6, 6.07) is 14.5. The van der Waals surface area contributed by atoms with Crippen LogP contribution < -0.4 is 9.83 Å². The van der Waals surface area contributed by atoms with Crippen LogP contribution in [0.5, 0.6) is 5.75 Å². The van der Waals surface area contributed by atoms with Crippen molar-refractivity contribution in [1.29, 1.82) is 0 Å². The van der Waals surface area contributed by atoms with Gasteiger partial charge in [-0.15, -0.1) is 0 Å². The van der Waals surface area contributed by atoms with Crippen molar-refractivity contribution in [2.24, 2.45) is 5.92 Å². The van der Waals surface area contributed by atoms with Gasteiger partial charge in [0.25, 0.3) is 7.37 Å². The molecule has 0 N–H and O–H groups in total. The second-order valence-corrected chi connectivity index (χ2v) is 9.61. The number of carbonyl (C=O) groups is 2. The molecule has 8 nitrogen and oxygen atoms in total. The van der Waals surface area contributed by atoms with Crippen molar-refractivity contribution >= 4 is 24.6 Å². The molecule has 0 amide bonds. The standard InChI is InChI=1S/C23H27O8P/c1-27-11-13-29-22(24)15-17(23(25)30-14-12-28-2)16-32(26)21-10-6-4-8-19(21)18-7-3-5-9-20(18)31-32/h3-10,17H,11-16H2,1-2H3. The smallest absolute Gasteiger partial charge is 0.310 e. The zero-order valence-electron chi connectivity index (χ0n) is 18.2. The number of ether oxygens (including phenoxy) is 4. The Labute approximate surface area is 187 Å². The SMILES string of the molecule is COCCOC(=O)CC(CP1(=O)Oc2ccccc2-c2ccccc21)C(=O)OCCOC. The molecule has 0 saturated heterocycles. The van der Waals surface area contributed by atoms with E-state index < -0.39 is 25.2 Å². The van der Waals surface area contributed by atoms with Gasteiger partial charge in [-0.2, -0.15) is 0 Å². The Morgan fingerprint density at radius 1 is 0.875 bits per heavy atom. The largest absolute Gasteiger partial charge is 0.463 e. The molecule has 0 saturated carbocycles. The first-order chi connectivity index (χ1) is 15.5. The lowest BCUT2D eigenvalue weighted by atomic mass is 10.0. The summed E-state index contributed by atoms with van der Waals surface area (Å²) in [5.74, 6) is -1.79. The molecule has 2 aromatic carbocycles. The van der Waals surface area contributed by atoms with Gasteiger partial charge in [-0.05, 0) is 17.7 Å². The van der Waals surface area contributed by atoms with Crippen LogP contribution in [0.4, 0.5) is 0 Å². The number of methoxy groups -OCH3 is 2. The van der Waals surface area contributed by atoms with Crippen LogP contribution in [-0.4, -0.2) is 58.7 Å². The van der Waals surface area contributed by atoms with Crippen molar-refractivity contribution in [3.63, 3.8) is 0 Å².